The second-order valence-corrected chi connectivity index (χ2v) is 4.66. The molecule has 0 radical (unpaired) electrons. The fraction of sp³-hybridized carbons (Fsp3) is 0.200. The molecule has 2 aromatic heterocycles. The molecule has 0 unspecified atom stereocenters. The summed E-state index contributed by atoms with van der Waals surface area (Å²) in [4.78, 5) is 8.39. The van der Waals surface area contributed by atoms with Crippen LogP contribution in [0.4, 0.5) is 5.95 Å². The van der Waals surface area contributed by atoms with Gasteiger partial charge in [0.25, 0.3) is 0 Å². The summed E-state index contributed by atoms with van der Waals surface area (Å²) in [7, 11) is 0. The van der Waals surface area contributed by atoms with Crippen LogP contribution in [0, 0.1) is 6.92 Å². The highest BCUT2D eigenvalue weighted by molar-refractivity contribution is 5.77. The molecule has 96 valence electrons. The number of anilines is 1. The van der Waals surface area contributed by atoms with E-state index < -0.39 is 0 Å². The Labute approximate surface area is 111 Å². The third-order valence-corrected chi connectivity index (χ3v) is 3.45. The number of benzene rings is 1. The molecule has 0 aliphatic carbocycles. The number of nitrogens with zero attached hydrogens (tertiary/aromatic N) is 3. The molecule has 4 nitrogen and oxygen atoms in total. The largest absolute Gasteiger partial charge is 0.369 e. The van der Waals surface area contributed by atoms with Gasteiger partial charge in [-0.2, -0.15) is 0 Å². The number of nitrogens with two attached hydrogens (primary N) is 1. The molecule has 0 spiro atoms. The molecule has 3 rings (SSSR count). The van der Waals surface area contributed by atoms with E-state index in [9.17, 15) is 0 Å². The average molecular weight is 252 g/mol. The van der Waals surface area contributed by atoms with Gasteiger partial charge in [0.15, 0.2) is 0 Å². The Bertz CT molecular complexity index is 715. The van der Waals surface area contributed by atoms with Crippen molar-refractivity contribution >= 4 is 17.0 Å². The molecule has 2 heterocycles. The van der Waals surface area contributed by atoms with Gasteiger partial charge in [0.1, 0.15) is 5.52 Å². The van der Waals surface area contributed by atoms with Crippen LogP contribution in [0.5, 0.6) is 0 Å². The van der Waals surface area contributed by atoms with Gasteiger partial charge in [-0.1, -0.05) is 24.3 Å². The van der Waals surface area contributed by atoms with Gasteiger partial charge in [0.2, 0.25) is 5.95 Å². The number of nitrogen functional groups attached to an aromatic ring is 1. The number of aromatic nitrogens is 3. The molecule has 0 aliphatic rings. The lowest BCUT2D eigenvalue weighted by Crippen LogP contribution is -2.06. The van der Waals surface area contributed by atoms with Crippen LogP contribution < -0.4 is 5.73 Å². The first-order valence-electron chi connectivity index (χ1n) is 6.36. The minimum Gasteiger partial charge on any atom is -0.369 e. The van der Waals surface area contributed by atoms with Gasteiger partial charge < -0.3 is 10.3 Å². The van der Waals surface area contributed by atoms with Gasteiger partial charge in [0.05, 0.1) is 11.7 Å². The number of imidazole rings is 1. The van der Waals surface area contributed by atoms with E-state index in [1.807, 2.05) is 10.6 Å². The van der Waals surface area contributed by atoms with Crippen molar-refractivity contribution in [2.75, 3.05) is 5.73 Å². The molecule has 0 aliphatic heterocycles. The number of pyridine rings is 1. The van der Waals surface area contributed by atoms with E-state index in [0.29, 0.717) is 5.95 Å². The highest BCUT2D eigenvalue weighted by Gasteiger charge is 2.08. The Balaban J connectivity index is 1.90. The monoisotopic (exact) mass is 252 g/mol. The molecule has 0 fully saturated rings. The maximum atomic E-state index is 5.98. The van der Waals surface area contributed by atoms with Gasteiger partial charge in [-0.25, -0.2) is 4.98 Å². The third-order valence-electron chi connectivity index (χ3n) is 3.45. The van der Waals surface area contributed by atoms with Gasteiger partial charge in [-0.3, -0.25) is 4.98 Å². The van der Waals surface area contributed by atoms with Gasteiger partial charge in [0, 0.05) is 12.7 Å². The fourth-order valence-electron chi connectivity index (χ4n) is 2.36. The third kappa shape index (κ3) is 2.17. The average Bonchev–Trinajstić information content (AvgIpc) is 2.74. The maximum absolute atomic E-state index is 5.98. The van der Waals surface area contributed by atoms with Gasteiger partial charge >= 0.3 is 0 Å². The molecule has 1 aromatic carbocycles. The molecular formula is C15H16N4. The lowest BCUT2D eigenvalue weighted by atomic mass is 10.1. The zero-order chi connectivity index (χ0) is 13.2. The van der Waals surface area contributed by atoms with Crippen molar-refractivity contribution in [3.8, 4) is 0 Å². The molecule has 0 atom stereocenters. The summed E-state index contributed by atoms with van der Waals surface area (Å²) in [6.07, 6.45) is 4.47. The van der Waals surface area contributed by atoms with E-state index in [4.69, 9.17) is 5.73 Å². The van der Waals surface area contributed by atoms with Crippen molar-refractivity contribution in [3.63, 3.8) is 0 Å². The fourth-order valence-corrected chi connectivity index (χ4v) is 2.36. The van der Waals surface area contributed by atoms with E-state index in [0.717, 1.165) is 24.0 Å². The van der Waals surface area contributed by atoms with Crippen LogP contribution in [0.25, 0.3) is 11.0 Å². The molecule has 0 bridgehead atoms. The molecule has 19 heavy (non-hydrogen) atoms. The molecule has 0 saturated carbocycles. The van der Waals surface area contributed by atoms with Crippen LogP contribution >= 0.6 is 0 Å². The summed E-state index contributed by atoms with van der Waals surface area (Å²) < 4.78 is 2.05. The van der Waals surface area contributed by atoms with E-state index >= 15 is 0 Å². The minimum atomic E-state index is 0.552. The first-order valence-corrected chi connectivity index (χ1v) is 6.36. The Morgan fingerprint density at radius 3 is 2.89 bits per heavy atom. The number of hydrogen-bond acceptors (Lipinski definition) is 3. The molecule has 4 heteroatoms. The van der Waals surface area contributed by atoms with Crippen LogP contribution in [0.3, 0.4) is 0 Å². The van der Waals surface area contributed by atoms with Crippen molar-refractivity contribution in [3.05, 3.63) is 53.9 Å². The lowest BCUT2D eigenvalue weighted by molar-refractivity contribution is 0.723. The second-order valence-electron chi connectivity index (χ2n) is 4.66. The summed E-state index contributed by atoms with van der Waals surface area (Å²) in [5, 5.41) is 0. The lowest BCUT2D eigenvalue weighted by Gasteiger charge is -2.08. The Kier molecular flexibility index (Phi) is 2.91. The summed E-state index contributed by atoms with van der Waals surface area (Å²) in [5.74, 6) is 0.552. The van der Waals surface area contributed by atoms with Crippen molar-refractivity contribution in [2.45, 2.75) is 19.9 Å². The predicted molar refractivity (Wildman–Crippen MR) is 76.8 cm³/mol. The van der Waals surface area contributed by atoms with Crippen molar-refractivity contribution < 1.29 is 0 Å². The smallest absolute Gasteiger partial charge is 0.201 e. The summed E-state index contributed by atoms with van der Waals surface area (Å²) >= 11 is 0. The molecular weight excluding hydrogens is 236 g/mol. The van der Waals surface area contributed by atoms with Crippen LogP contribution in [0.2, 0.25) is 0 Å². The maximum Gasteiger partial charge on any atom is 0.201 e. The second kappa shape index (κ2) is 4.72. The van der Waals surface area contributed by atoms with E-state index in [1.54, 1.807) is 12.4 Å². The zero-order valence-electron chi connectivity index (χ0n) is 10.9. The predicted octanol–water partition coefficient (Wildman–Crippen LogP) is 2.56. The highest BCUT2D eigenvalue weighted by Crippen LogP contribution is 2.18. The molecule has 0 saturated heterocycles. The Hall–Kier alpha value is -2.36. The van der Waals surface area contributed by atoms with Gasteiger partial charge in [-0.05, 0) is 30.5 Å². The molecule has 0 amide bonds. The van der Waals surface area contributed by atoms with Crippen molar-refractivity contribution in [1.82, 2.24) is 14.5 Å². The normalized spacial score (nSPS) is 11.0. The minimum absolute atomic E-state index is 0.552. The standard InChI is InChI=1S/C15H16N4/c1-11-4-2-3-5-12(11)7-9-19-14-6-8-17-10-13(14)18-15(19)16/h2-6,8,10H,7,9H2,1H3,(H2,16,18). The Morgan fingerprint density at radius 2 is 2.05 bits per heavy atom. The quantitative estimate of drug-likeness (QED) is 0.779. The highest BCUT2D eigenvalue weighted by atomic mass is 15.2. The zero-order valence-corrected chi connectivity index (χ0v) is 10.9. The number of rotatable bonds is 3. The molecule has 3 aromatic rings. The van der Waals surface area contributed by atoms with Crippen molar-refractivity contribution in [2.24, 2.45) is 0 Å². The van der Waals surface area contributed by atoms with Crippen LogP contribution in [-0.4, -0.2) is 14.5 Å². The molecule has 2 N–H and O–H groups in total. The number of hydrogen-bond donors (Lipinski definition) is 1. The Morgan fingerprint density at radius 1 is 1.21 bits per heavy atom. The first kappa shape index (κ1) is 11.7. The van der Waals surface area contributed by atoms with E-state index in [-0.39, 0.29) is 0 Å². The van der Waals surface area contributed by atoms with E-state index in [2.05, 4.69) is 41.2 Å². The van der Waals surface area contributed by atoms with Gasteiger partial charge in [-0.15, -0.1) is 0 Å². The van der Waals surface area contributed by atoms with Crippen LogP contribution in [-0.2, 0) is 13.0 Å². The summed E-state index contributed by atoms with van der Waals surface area (Å²) in [6, 6.07) is 10.4. The SMILES string of the molecule is Cc1ccccc1CCn1c(N)nc2cnccc21. The van der Waals surface area contributed by atoms with Crippen LogP contribution in [0.1, 0.15) is 11.1 Å². The van der Waals surface area contributed by atoms with Crippen molar-refractivity contribution in [1.29, 1.82) is 0 Å². The summed E-state index contributed by atoms with van der Waals surface area (Å²) in [5.41, 5.74) is 10.5. The van der Waals surface area contributed by atoms with Crippen LogP contribution in [0.15, 0.2) is 42.7 Å². The summed E-state index contributed by atoms with van der Waals surface area (Å²) in [6.45, 7) is 2.96. The number of aryl methyl sites for hydroxylation is 3. The number of fused-ring (bicyclic) bond motifs is 1. The first-order chi connectivity index (χ1) is 9.25. The van der Waals surface area contributed by atoms with E-state index in [1.165, 1.54) is 11.1 Å². The topological polar surface area (TPSA) is 56.7 Å².